The highest BCUT2D eigenvalue weighted by atomic mass is 19.4. The summed E-state index contributed by atoms with van der Waals surface area (Å²) < 4.78 is 41.5. The predicted molar refractivity (Wildman–Crippen MR) is 92.5 cm³/mol. The standard InChI is InChI=1S/C19H21F3N4/c1-18(2)6-5-15(10-17(18)26-8-7-24-12-26)25-14-4-3-13(11-23)16(9-14)19(20,21)22/h3-4,7-9,12,15,17,25H,5-6,10H2,1-2H3. The number of hydrogen-bond donors (Lipinski definition) is 1. The summed E-state index contributed by atoms with van der Waals surface area (Å²) in [5.41, 5.74) is -0.775. The Morgan fingerprint density at radius 1 is 1.35 bits per heavy atom. The third kappa shape index (κ3) is 3.69. The van der Waals surface area contributed by atoms with Gasteiger partial charge in [-0.3, -0.25) is 0 Å². The molecule has 1 saturated carbocycles. The van der Waals surface area contributed by atoms with Gasteiger partial charge < -0.3 is 9.88 Å². The first-order valence-corrected chi connectivity index (χ1v) is 8.56. The molecule has 1 heterocycles. The molecule has 0 bridgehead atoms. The van der Waals surface area contributed by atoms with Gasteiger partial charge in [-0.15, -0.1) is 0 Å². The maximum atomic E-state index is 13.2. The van der Waals surface area contributed by atoms with Crippen molar-refractivity contribution in [2.75, 3.05) is 5.32 Å². The highest BCUT2D eigenvalue weighted by Gasteiger charge is 2.38. The fourth-order valence-corrected chi connectivity index (χ4v) is 3.73. The fraction of sp³-hybridized carbons (Fsp3) is 0.474. The van der Waals surface area contributed by atoms with Crippen LogP contribution in [0.1, 0.15) is 50.3 Å². The zero-order valence-corrected chi connectivity index (χ0v) is 14.7. The highest BCUT2D eigenvalue weighted by molar-refractivity contribution is 5.53. The number of rotatable bonds is 3. The summed E-state index contributed by atoms with van der Waals surface area (Å²) in [5, 5.41) is 12.1. The van der Waals surface area contributed by atoms with Crippen LogP contribution in [-0.4, -0.2) is 15.6 Å². The van der Waals surface area contributed by atoms with Crippen LogP contribution in [0, 0.1) is 16.7 Å². The van der Waals surface area contributed by atoms with Crippen LogP contribution in [0.3, 0.4) is 0 Å². The van der Waals surface area contributed by atoms with Gasteiger partial charge in [-0.05, 0) is 42.9 Å². The van der Waals surface area contributed by atoms with Crippen LogP contribution in [0.2, 0.25) is 0 Å². The SMILES string of the molecule is CC1(C)CCC(Nc2ccc(C#N)c(C(F)(F)F)c2)CC1n1ccnc1. The first kappa shape index (κ1) is 18.3. The van der Waals surface area contributed by atoms with Crippen LogP contribution in [0.15, 0.2) is 36.9 Å². The lowest BCUT2D eigenvalue weighted by Crippen LogP contribution is -2.38. The van der Waals surface area contributed by atoms with Gasteiger partial charge in [-0.25, -0.2) is 4.98 Å². The zero-order chi connectivity index (χ0) is 18.9. The third-order valence-electron chi connectivity index (χ3n) is 5.25. The van der Waals surface area contributed by atoms with Crippen molar-refractivity contribution in [3.63, 3.8) is 0 Å². The number of benzene rings is 1. The molecule has 7 heteroatoms. The van der Waals surface area contributed by atoms with Gasteiger partial charge in [-0.1, -0.05) is 13.8 Å². The van der Waals surface area contributed by atoms with Crippen LogP contribution in [-0.2, 0) is 6.18 Å². The van der Waals surface area contributed by atoms with E-state index < -0.39 is 11.7 Å². The first-order chi connectivity index (χ1) is 12.2. The molecule has 1 aromatic carbocycles. The first-order valence-electron chi connectivity index (χ1n) is 8.56. The van der Waals surface area contributed by atoms with Crippen molar-refractivity contribution in [2.24, 2.45) is 5.41 Å². The molecular weight excluding hydrogens is 341 g/mol. The quantitative estimate of drug-likeness (QED) is 0.835. The number of alkyl halides is 3. The normalized spacial score (nSPS) is 22.6. The van der Waals surface area contributed by atoms with Crippen LogP contribution in [0.25, 0.3) is 0 Å². The summed E-state index contributed by atoms with van der Waals surface area (Å²) in [4.78, 5) is 4.12. The monoisotopic (exact) mass is 362 g/mol. The van der Waals surface area contributed by atoms with Crippen molar-refractivity contribution in [3.05, 3.63) is 48.0 Å². The summed E-state index contributed by atoms with van der Waals surface area (Å²) in [7, 11) is 0. The topological polar surface area (TPSA) is 53.6 Å². The van der Waals surface area contributed by atoms with Gasteiger partial charge in [0, 0.05) is 30.2 Å². The second kappa shape index (κ2) is 6.67. The average Bonchev–Trinajstić information content (AvgIpc) is 3.09. The molecule has 26 heavy (non-hydrogen) atoms. The van der Waals surface area contributed by atoms with E-state index in [0.717, 1.165) is 25.3 Å². The molecule has 0 radical (unpaired) electrons. The van der Waals surface area contributed by atoms with Gasteiger partial charge in [0.2, 0.25) is 0 Å². The van der Waals surface area contributed by atoms with Crippen LogP contribution in [0.4, 0.5) is 18.9 Å². The number of halogens is 3. The highest BCUT2D eigenvalue weighted by Crippen LogP contribution is 2.44. The summed E-state index contributed by atoms with van der Waals surface area (Å²) in [6, 6.07) is 5.69. The average molecular weight is 362 g/mol. The van der Waals surface area contributed by atoms with E-state index in [4.69, 9.17) is 5.26 Å². The Labute approximate surface area is 150 Å². The van der Waals surface area contributed by atoms with Crippen molar-refractivity contribution in [1.82, 2.24) is 9.55 Å². The molecule has 0 aliphatic heterocycles. The molecule has 1 aliphatic rings. The summed E-state index contributed by atoms with van der Waals surface area (Å²) in [6.45, 7) is 4.41. The van der Waals surface area contributed by atoms with E-state index in [-0.39, 0.29) is 23.1 Å². The number of nitrogens with one attached hydrogen (secondary N) is 1. The molecule has 4 nitrogen and oxygen atoms in total. The Bertz CT molecular complexity index is 803. The van der Waals surface area contributed by atoms with Gasteiger partial charge in [-0.2, -0.15) is 18.4 Å². The van der Waals surface area contributed by atoms with Gasteiger partial charge in [0.25, 0.3) is 0 Å². The molecule has 0 saturated heterocycles. The van der Waals surface area contributed by atoms with Crippen LogP contribution >= 0.6 is 0 Å². The Morgan fingerprint density at radius 3 is 2.73 bits per heavy atom. The number of nitriles is 1. The van der Waals surface area contributed by atoms with Gasteiger partial charge >= 0.3 is 6.18 Å². The second-order valence-corrected chi connectivity index (χ2v) is 7.50. The Hall–Kier alpha value is -2.49. The maximum Gasteiger partial charge on any atom is 0.417 e. The van der Waals surface area contributed by atoms with E-state index in [1.54, 1.807) is 24.7 Å². The van der Waals surface area contributed by atoms with E-state index >= 15 is 0 Å². The minimum atomic E-state index is -4.54. The van der Waals surface area contributed by atoms with E-state index in [0.29, 0.717) is 5.69 Å². The van der Waals surface area contributed by atoms with Crippen molar-refractivity contribution >= 4 is 5.69 Å². The number of hydrogen-bond acceptors (Lipinski definition) is 3. The molecule has 1 aliphatic carbocycles. The molecule has 138 valence electrons. The lowest BCUT2D eigenvalue weighted by Gasteiger charge is -2.43. The molecule has 2 atom stereocenters. The molecule has 2 unspecified atom stereocenters. The lowest BCUT2D eigenvalue weighted by molar-refractivity contribution is -0.137. The van der Waals surface area contributed by atoms with Crippen molar-refractivity contribution in [2.45, 2.75) is 51.4 Å². The molecule has 0 amide bonds. The molecule has 1 N–H and O–H groups in total. The van der Waals surface area contributed by atoms with Crippen molar-refractivity contribution in [3.8, 4) is 6.07 Å². The number of nitrogens with zero attached hydrogens (tertiary/aromatic N) is 3. The molecule has 3 rings (SSSR count). The Balaban J connectivity index is 1.80. The number of anilines is 1. The van der Waals surface area contributed by atoms with E-state index in [1.807, 2.05) is 6.20 Å². The largest absolute Gasteiger partial charge is 0.417 e. The molecule has 2 aromatic rings. The number of imidazole rings is 1. The van der Waals surface area contributed by atoms with Gasteiger partial charge in [0.15, 0.2) is 0 Å². The summed E-state index contributed by atoms with van der Waals surface area (Å²) >= 11 is 0. The van der Waals surface area contributed by atoms with Gasteiger partial charge in [0.1, 0.15) is 0 Å². The molecule has 1 fully saturated rings. The van der Waals surface area contributed by atoms with E-state index in [2.05, 4.69) is 28.7 Å². The maximum absolute atomic E-state index is 13.2. The third-order valence-corrected chi connectivity index (χ3v) is 5.25. The zero-order valence-electron chi connectivity index (χ0n) is 14.7. The number of aromatic nitrogens is 2. The predicted octanol–water partition coefficient (Wildman–Crippen LogP) is 5.01. The van der Waals surface area contributed by atoms with Crippen molar-refractivity contribution in [1.29, 1.82) is 5.26 Å². The Morgan fingerprint density at radius 2 is 2.12 bits per heavy atom. The summed E-state index contributed by atoms with van der Waals surface area (Å²) in [6.07, 6.45) is 3.54. The molecule has 1 aromatic heterocycles. The second-order valence-electron chi connectivity index (χ2n) is 7.50. The molecular formula is C19H21F3N4. The summed E-state index contributed by atoms with van der Waals surface area (Å²) in [5.74, 6) is 0. The van der Waals surface area contributed by atoms with Crippen LogP contribution in [0.5, 0.6) is 0 Å². The minimum absolute atomic E-state index is 0.0597. The smallest absolute Gasteiger partial charge is 0.382 e. The Kier molecular flexibility index (Phi) is 4.70. The van der Waals surface area contributed by atoms with E-state index in [1.165, 1.54) is 6.07 Å². The fourth-order valence-electron chi connectivity index (χ4n) is 3.73. The molecule has 0 spiro atoms. The van der Waals surface area contributed by atoms with Crippen molar-refractivity contribution < 1.29 is 13.2 Å². The van der Waals surface area contributed by atoms with E-state index in [9.17, 15) is 13.2 Å². The van der Waals surface area contributed by atoms with Gasteiger partial charge in [0.05, 0.1) is 23.5 Å². The lowest BCUT2D eigenvalue weighted by atomic mass is 9.71. The van der Waals surface area contributed by atoms with Crippen LogP contribution < -0.4 is 5.32 Å². The minimum Gasteiger partial charge on any atom is -0.382 e.